The van der Waals surface area contributed by atoms with Crippen molar-refractivity contribution in [3.8, 4) is 0 Å². The number of aromatic nitrogens is 4. The highest BCUT2D eigenvalue weighted by Gasteiger charge is 2.24. The summed E-state index contributed by atoms with van der Waals surface area (Å²) in [6, 6.07) is 6.69. The molecule has 0 spiro atoms. The largest absolute Gasteiger partial charge is 0.447 e. The molecule has 4 rings (SSSR count). The first-order valence-electron chi connectivity index (χ1n) is 7.65. The summed E-state index contributed by atoms with van der Waals surface area (Å²) in [6.45, 7) is 0.758. The molecule has 1 fully saturated rings. The number of cyclic esters (lactones) is 1. The van der Waals surface area contributed by atoms with Crippen molar-refractivity contribution in [2.75, 3.05) is 29.1 Å². The Kier molecular flexibility index (Phi) is 3.53. The van der Waals surface area contributed by atoms with Gasteiger partial charge in [0.15, 0.2) is 5.65 Å². The van der Waals surface area contributed by atoms with Gasteiger partial charge in [-0.3, -0.25) is 9.69 Å². The molecule has 3 aromatic rings. The minimum atomic E-state index is -0.656. The quantitative estimate of drug-likeness (QED) is 0.612. The van der Waals surface area contributed by atoms with Gasteiger partial charge in [0.2, 0.25) is 0 Å². The number of nitrogens with two attached hydrogens (primary N) is 2. The molecule has 1 saturated heterocycles. The van der Waals surface area contributed by atoms with E-state index in [2.05, 4.69) is 20.4 Å². The number of pyridine rings is 1. The number of hydrogen-bond acceptors (Lipinski definition) is 8. The Morgan fingerprint density at radius 2 is 2.12 bits per heavy atom. The normalized spacial score (nSPS) is 13.8. The van der Waals surface area contributed by atoms with E-state index in [0.29, 0.717) is 30.6 Å². The zero-order chi connectivity index (χ0) is 18.3. The SMILES string of the molecule is NC(=O)c1cnn2c(N)cc(Nc3cccc(N4CCOC4=O)n3)nc12. The summed E-state index contributed by atoms with van der Waals surface area (Å²) >= 11 is 0. The maximum atomic E-state index is 11.7. The first-order valence-corrected chi connectivity index (χ1v) is 7.65. The molecule has 1 aliphatic heterocycles. The molecule has 0 radical (unpaired) electrons. The van der Waals surface area contributed by atoms with E-state index in [9.17, 15) is 9.59 Å². The van der Waals surface area contributed by atoms with Crippen LogP contribution < -0.4 is 21.7 Å². The van der Waals surface area contributed by atoms with Gasteiger partial charge in [-0.05, 0) is 12.1 Å². The highest BCUT2D eigenvalue weighted by molar-refractivity contribution is 5.98. The fourth-order valence-corrected chi connectivity index (χ4v) is 2.60. The Hall–Kier alpha value is -3.89. The van der Waals surface area contributed by atoms with Crippen LogP contribution in [-0.4, -0.2) is 44.7 Å². The second-order valence-electron chi connectivity index (χ2n) is 5.50. The number of primary amides is 1. The molecule has 0 unspecified atom stereocenters. The third kappa shape index (κ3) is 2.60. The predicted octanol–water partition coefficient (Wildman–Crippen LogP) is 0.506. The predicted molar refractivity (Wildman–Crippen MR) is 92.1 cm³/mol. The first-order chi connectivity index (χ1) is 12.5. The van der Waals surface area contributed by atoms with Crippen LogP contribution in [0.3, 0.4) is 0 Å². The summed E-state index contributed by atoms with van der Waals surface area (Å²) in [7, 11) is 0. The van der Waals surface area contributed by atoms with Gasteiger partial charge in [0.25, 0.3) is 5.91 Å². The van der Waals surface area contributed by atoms with Gasteiger partial charge in [0, 0.05) is 6.07 Å². The lowest BCUT2D eigenvalue weighted by Gasteiger charge is -2.13. The molecule has 4 heterocycles. The topological polar surface area (TPSA) is 154 Å². The lowest BCUT2D eigenvalue weighted by molar-refractivity contribution is 0.100. The highest BCUT2D eigenvalue weighted by Crippen LogP contribution is 2.22. The first kappa shape index (κ1) is 15.6. The smallest absolute Gasteiger partial charge is 0.415 e. The monoisotopic (exact) mass is 354 g/mol. The molecule has 0 atom stereocenters. The highest BCUT2D eigenvalue weighted by atomic mass is 16.6. The van der Waals surface area contributed by atoms with Gasteiger partial charge in [-0.1, -0.05) is 6.07 Å². The molecule has 2 amide bonds. The van der Waals surface area contributed by atoms with Crippen molar-refractivity contribution in [3.63, 3.8) is 0 Å². The molecule has 11 heteroatoms. The molecule has 0 aromatic carbocycles. The average Bonchev–Trinajstić information content (AvgIpc) is 3.21. The van der Waals surface area contributed by atoms with Crippen LogP contribution in [0, 0.1) is 0 Å². The van der Waals surface area contributed by atoms with Crippen LogP contribution in [0.15, 0.2) is 30.5 Å². The summed E-state index contributed by atoms with van der Waals surface area (Å²) in [5.74, 6) is 0.861. The van der Waals surface area contributed by atoms with Crippen molar-refractivity contribution >= 4 is 40.9 Å². The van der Waals surface area contributed by atoms with Crippen molar-refractivity contribution < 1.29 is 14.3 Å². The number of nitrogens with one attached hydrogen (secondary N) is 1. The molecule has 132 valence electrons. The van der Waals surface area contributed by atoms with Crippen molar-refractivity contribution in [1.29, 1.82) is 0 Å². The Labute approximate surface area is 146 Å². The number of nitrogen functional groups attached to an aromatic ring is 1. The fraction of sp³-hybridized carbons (Fsp3) is 0.133. The molecule has 5 N–H and O–H groups in total. The van der Waals surface area contributed by atoms with Crippen LogP contribution in [0.1, 0.15) is 10.4 Å². The molecule has 0 bridgehead atoms. The van der Waals surface area contributed by atoms with E-state index >= 15 is 0 Å². The van der Waals surface area contributed by atoms with Gasteiger partial charge >= 0.3 is 6.09 Å². The Morgan fingerprint density at radius 3 is 2.85 bits per heavy atom. The lowest BCUT2D eigenvalue weighted by Crippen LogP contribution is -2.24. The van der Waals surface area contributed by atoms with Gasteiger partial charge < -0.3 is 21.5 Å². The van der Waals surface area contributed by atoms with Crippen LogP contribution in [0.2, 0.25) is 0 Å². The van der Waals surface area contributed by atoms with Crippen molar-refractivity contribution in [3.05, 3.63) is 36.0 Å². The molecule has 11 nitrogen and oxygen atoms in total. The lowest BCUT2D eigenvalue weighted by atomic mass is 10.3. The second kappa shape index (κ2) is 5.88. The number of amides is 2. The van der Waals surface area contributed by atoms with E-state index in [4.69, 9.17) is 16.2 Å². The molecule has 26 heavy (non-hydrogen) atoms. The van der Waals surface area contributed by atoms with Crippen LogP contribution in [0.5, 0.6) is 0 Å². The maximum Gasteiger partial charge on any atom is 0.415 e. The van der Waals surface area contributed by atoms with E-state index in [-0.39, 0.29) is 17.0 Å². The number of nitrogens with zero attached hydrogens (tertiary/aromatic N) is 5. The second-order valence-corrected chi connectivity index (χ2v) is 5.50. The minimum absolute atomic E-state index is 0.155. The van der Waals surface area contributed by atoms with Crippen molar-refractivity contribution in [2.45, 2.75) is 0 Å². The van der Waals surface area contributed by atoms with Crippen molar-refractivity contribution in [2.24, 2.45) is 5.73 Å². The minimum Gasteiger partial charge on any atom is -0.447 e. The zero-order valence-corrected chi connectivity index (χ0v) is 13.4. The van der Waals surface area contributed by atoms with E-state index in [0.717, 1.165) is 0 Å². The standard InChI is InChI=1S/C15H14N8O3/c16-9-6-11(21-14-8(13(17)24)7-18-23(9)14)19-10-2-1-3-12(20-10)22-4-5-26-15(22)25/h1-3,6-7H,4-5,16H2,(H2,17,24)(H,19,20,21). The van der Waals surface area contributed by atoms with Crippen LogP contribution in [0.25, 0.3) is 5.65 Å². The van der Waals surface area contributed by atoms with Crippen LogP contribution in [-0.2, 0) is 4.74 Å². The Morgan fingerprint density at radius 1 is 1.27 bits per heavy atom. The van der Waals surface area contributed by atoms with E-state index in [1.807, 2.05) is 0 Å². The number of carbonyl (C=O) groups is 2. The van der Waals surface area contributed by atoms with E-state index < -0.39 is 12.0 Å². The van der Waals surface area contributed by atoms with Crippen LogP contribution in [0.4, 0.5) is 28.1 Å². The molecule has 3 aromatic heterocycles. The molecular weight excluding hydrogens is 340 g/mol. The zero-order valence-electron chi connectivity index (χ0n) is 13.4. The Bertz CT molecular complexity index is 1030. The third-order valence-corrected chi connectivity index (χ3v) is 3.79. The molecule has 0 aliphatic carbocycles. The summed E-state index contributed by atoms with van der Waals surface area (Å²) in [6.07, 6.45) is 0.867. The molecule has 1 aliphatic rings. The number of carbonyl (C=O) groups excluding carboxylic acids is 2. The van der Waals surface area contributed by atoms with Crippen molar-refractivity contribution in [1.82, 2.24) is 19.6 Å². The van der Waals surface area contributed by atoms with Gasteiger partial charge in [-0.25, -0.2) is 14.8 Å². The summed E-state index contributed by atoms with van der Waals surface area (Å²) in [5, 5.41) is 6.99. The van der Waals surface area contributed by atoms with Gasteiger partial charge in [-0.2, -0.15) is 9.61 Å². The number of ether oxygens (including phenoxy) is 1. The molecule has 0 saturated carbocycles. The number of rotatable bonds is 4. The average molecular weight is 354 g/mol. The number of hydrogen-bond donors (Lipinski definition) is 3. The van der Waals surface area contributed by atoms with Gasteiger partial charge in [0.05, 0.1) is 12.7 Å². The summed E-state index contributed by atoms with van der Waals surface area (Å²) in [4.78, 5) is 33.3. The summed E-state index contributed by atoms with van der Waals surface area (Å²) < 4.78 is 6.23. The maximum absolute atomic E-state index is 11.7. The summed E-state index contributed by atoms with van der Waals surface area (Å²) in [5.41, 5.74) is 11.7. The number of anilines is 4. The van der Waals surface area contributed by atoms with E-state index in [1.54, 1.807) is 24.3 Å². The van der Waals surface area contributed by atoms with Gasteiger partial charge in [-0.15, -0.1) is 0 Å². The fourth-order valence-electron chi connectivity index (χ4n) is 2.60. The van der Waals surface area contributed by atoms with Gasteiger partial charge in [0.1, 0.15) is 35.4 Å². The van der Waals surface area contributed by atoms with E-state index in [1.165, 1.54) is 15.6 Å². The number of fused-ring (bicyclic) bond motifs is 1. The third-order valence-electron chi connectivity index (χ3n) is 3.79. The van der Waals surface area contributed by atoms with Crippen LogP contribution >= 0.6 is 0 Å². The molecular formula is C15H14N8O3. The Balaban J connectivity index is 1.68.